The number of carbonyl (C=O) groups is 2. The molecule has 2 aromatic rings. The highest BCUT2D eigenvalue weighted by molar-refractivity contribution is 6.31. The van der Waals surface area contributed by atoms with Gasteiger partial charge in [0.25, 0.3) is 11.8 Å². The lowest BCUT2D eigenvalue weighted by molar-refractivity contribution is -0.123. The highest BCUT2D eigenvalue weighted by Gasteiger charge is 2.15. The zero-order valence-electron chi connectivity index (χ0n) is 12.9. The van der Waals surface area contributed by atoms with E-state index in [1.807, 2.05) is 25.1 Å². The summed E-state index contributed by atoms with van der Waals surface area (Å²) >= 11 is 11.9. The molecule has 0 aromatic heterocycles. The third kappa shape index (κ3) is 4.63. The van der Waals surface area contributed by atoms with Crippen molar-refractivity contribution in [1.82, 2.24) is 5.32 Å². The SMILES string of the molecule is C[C@H](NC(=O)COc1ccc(Cl)cc1C(N)=O)c1ccccc1Cl. The average molecular weight is 367 g/mol. The van der Waals surface area contributed by atoms with Crippen molar-refractivity contribution in [1.29, 1.82) is 0 Å². The molecule has 0 aliphatic heterocycles. The summed E-state index contributed by atoms with van der Waals surface area (Å²) < 4.78 is 5.38. The highest BCUT2D eigenvalue weighted by atomic mass is 35.5. The number of amides is 2. The van der Waals surface area contributed by atoms with E-state index in [1.54, 1.807) is 12.1 Å². The van der Waals surface area contributed by atoms with Gasteiger partial charge in [-0.25, -0.2) is 0 Å². The van der Waals surface area contributed by atoms with E-state index in [0.29, 0.717) is 10.0 Å². The van der Waals surface area contributed by atoms with Gasteiger partial charge in [-0.2, -0.15) is 0 Å². The number of primary amides is 1. The van der Waals surface area contributed by atoms with Crippen LogP contribution in [0.2, 0.25) is 10.0 Å². The summed E-state index contributed by atoms with van der Waals surface area (Å²) in [7, 11) is 0. The van der Waals surface area contributed by atoms with Crippen LogP contribution in [-0.2, 0) is 4.79 Å². The smallest absolute Gasteiger partial charge is 0.258 e. The molecule has 7 heteroatoms. The van der Waals surface area contributed by atoms with Crippen LogP contribution < -0.4 is 15.8 Å². The van der Waals surface area contributed by atoms with Gasteiger partial charge in [0.1, 0.15) is 5.75 Å². The largest absolute Gasteiger partial charge is 0.483 e. The third-order valence-electron chi connectivity index (χ3n) is 3.32. The molecule has 0 radical (unpaired) electrons. The Hall–Kier alpha value is -2.24. The molecule has 0 aliphatic carbocycles. The van der Waals surface area contributed by atoms with Crippen molar-refractivity contribution in [3.63, 3.8) is 0 Å². The molecule has 0 unspecified atom stereocenters. The van der Waals surface area contributed by atoms with Gasteiger partial charge < -0.3 is 15.8 Å². The minimum absolute atomic E-state index is 0.120. The normalized spacial score (nSPS) is 11.6. The van der Waals surface area contributed by atoms with E-state index in [2.05, 4.69) is 5.32 Å². The lowest BCUT2D eigenvalue weighted by atomic mass is 10.1. The Morgan fingerprint density at radius 1 is 1.21 bits per heavy atom. The van der Waals surface area contributed by atoms with E-state index in [1.165, 1.54) is 12.1 Å². The predicted octanol–water partition coefficient (Wildman–Crippen LogP) is 3.35. The number of ether oxygens (including phenoxy) is 1. The molecule has 1 atom stereocenters. The van der Waals surface area contributed by atoms with Gasteiger partial charge in [0.15, 0.2) is 6.61 Å². The van der Waals surface area contributed by atoms with Gasteiger partial charge in [0.05, 0.1) is 11.6 Å². The Kier molecular flexibility index (Phi) is 6.06. The number of nitrogens with one attached hydrogen (secondary N) is 1. The third-order valence-corrected chi connectivity index (χ3v) is 3.89. The minimum Gasteiger partial charge on any atom is -0.483 e. The molecule has 2 aromatic carbocycles. The number of rotatable bonds is 6. The quantitative estimate of drug-likeness (QED) is 0.822. The Bertz CT molecular complexity index is 765. The van der Waals surface area contributed by atoms with Crippen LogP contribution in [0.3, 0.4) is 0 Å². The Morgan fingerprint density at radius 3 is 2.58 bits per heavy atom. The molecule has 0 spiro atoms. The molecule has 0 heterocycles. The first kappa shape index (κ1) is 18.1. The van der Waals surface area contributed by atoms with E-state index < -0.39 is 5.91 Å². The van der Waals surface area contributed by atoms with E-state index in [0.717, 1.165) is 5.56 Å². The molecule has 0 saturated heterocycles. The maximum atomic E-state index is 12.0. The summed E-state index contributed by atoms with van der Waals surface area (Å²) in [6, 6.07) is 11.4. The molecule has 3 N–H and O–H groups in total. The van der Waals surface area contributed by atoms with Crippen LogP contribution >= 0.6 is 23.2 Å². The Labute approximate surface area is 149 Å². The molecule has 0 fully saturated rings. The van der Waals surface area contributed by atoms with Gasteiger partial charge >= 0.3 is 0 Å². The van der Waals surface area contributed by atoms with Crippen LogP contribution in [0.5, 0.6) is 5.75 Å². The van der Waals surface area contributed by atoms with Gasteiger partial charge in [0, 0.05) is 10.0 Å². The van der Waals surface area contributed by atoms with Crippen LogP contribution in [0.25, 0.3) is 0 Å². The number of hydrogen-bond acceptors (Lipinski definition) is 3. The maximum absolute atomic E-state index is 12.0. The van der Waals surface area contributed by atoms with E-state index in [4.69, 9.17) is 33.7 Å². The van der Waals surface area contributed by atoms with Gasteiger partial charge in [0.2, 0.25) is 0 Å². The molecular weight excluding hydrogens is 351 g/mol. The monoisotopic (exact) mass is 366 g/mol. The second-order valence-electron chi connectivity index (χ2n) is 5.10. The summed E-state index contributed by atoms with van der Waals surface area (Å²) in [5, 5.41) is 3.70. The molecule has 24 heavy (non-hydrogen) atoms. The van der Waals surface area contributed by atoms with Crippen molar-refractivity contribution >= 4 is 35.0 Å². The summed E-state index contributed by atoms with van der Waals surface area (Å²) in [6.45, 7) is 1.55. The standard InChI is InChI=1S/C17H16Cl2N2O3/c1-10(12-4-2-3-5-14(12)19)21-16(22)9-24-15-7-6-11(18)8-13(15)17(20)23/h2-8,10H,9H2,1H3,(H2,20,23)(H,21,22)/t10-/m0/s1. The lowest BCUT2D eigenvalue weighted by Crippen LogP contribution is -2.31. The van der Waals surface area contributed by atoms with Crippen molar-refractivity contribution in [2.24, 2.45) is 5.73 Å². The second kappa shape index (κ2) is 8.04. The fourth-order valence-corrected chi connectivity index (χ4v) is 2.62. The zero-order chi connectivity index (χ0) is 17.7. The zero-order valence-corrected chi connectivity index (χ0v) is 14.4. The van der Waals surface area contributed by atoms with Crippen LogP contribution in [0, 0.1) is 0 Å². The molecule has 0 saturated carbocycles. The Morgan fingerprint density at radius 2 is 1.92 bits per heavy atom. The van der Waals surface area contributed by atoms with Gasteiger partial charge in [-0.1, -0.05) is 41.4 Å². The lowest BCUT2D eigenvalue weighted by Gasteiger charge is -2.16. The number of halogens is 2. The molecule has 126 valence electrons. The van der Waals surface area contributed by atoms with E-state index >= 15 is 0 Å². The minimum atomic E-state index is -0.683. The van der Waals surface area contributed by atoms with Crippen LogP contribution in [-0.4, -0.2) is 18.4 Å². The summed E-state index contributed by atoms with van der Waals surface area (Å²) in [4.78, 5) is 23.4. The fourth-order valence-electron chi connectivity index (χ4n) is 2.15. The number of benzene rings is 2. The first-order valence-electron chi connectivity index (χ1n) is 7.14. The maximum Gasteiger partial charge on any atom is 0.258 e. The van der Waals surface area contributed by atoms with Crippen LogP contribution in [0.4, 0.5) is 0 Å². The summed E-state index contributed by atoms with van der Waals surface area (Å²) in [5.74, 6) is -0.836. The molecule has 0 aliphatic rings. The topological polar surface area (TPSA) is 81.4 Å². The van der Waals surface area contributed by atoms with E-state index in [9.17, 15) is 9.59 Å². The van der Waals surface area contributed by atoms with Crippen molar-refractivity contribution in [3.8, 4) is 5.75 Å². The summed E-state index contributed by atoms with van der Waals surface area (Å²) in [5.41, 5.74) is 6.19. The van der Waals surface area contributed by atoms with Crippen molar-refractivity contribution in [3.05, 3.63) is 63.6 Å². The molecule has 2 rings (SSSR count). The molecule has 2 amide bonds. The van der Waals surface area contributed by atoms with Crippen molar-refractivity contribution in [2.75, 3.05) is 6.61 Å². The Balaban J connectivity index is 1.99. The van der Waals surface area contributed by atoms with Gasteiger partial charge in [-0.3, -0.25) is 9.59 Å². The van der Waals surface area contributed by atoms with Gasteiger partial charge in [-0.15, -0.1) is 0 Å². The number of nitrogens with two attached hydrogens (primary N) is 1. The molecular formula is C17H16Cl2N2O3. The number of carbonyl (C=O) groups excluding carboxylic acids is 2. The first-order valence-corrected chi connectivity index (χ1v) is 7.90. The second-order valence-corrected chi connectivity index (χ2v) is 5.95. The molecule has 0 bridgehead atoms. The number of hydrogen-bond donors (Lipinski definition) is 2. The predicted molar refractivity (Wildman–Crippen MR) is 93.5 cm³/mol. The van der Waals surface area contributed by atoms with Crippen molar-refractivity contribution < 1.29 is 14.3 Å². The van der Waals surface area contributed by atoms with Crippen LogP contribution in [0.1, 0.15) is 28.9 Å². The average Bonchev–Trinajstić information content (AvgIpc) is 2.53. The highest BCUT2D eigenvalue weighted by Crippen LogP contribution is 2.23. The summed E-state index contributed by atoms with van der Waals surface area (Å²) in [6.07, 6.45) is 0. The van der Waals surface area contributed by atoms with Gasteiger partial charge in [-0.05, 0) is 36.8 Å². The fraction of sp³-hybridized carbons (Fsp3) is 0.176. The molecule has 5 nitrogen and oxygen atoms in total. The van der Waals surface area contributed by atoms with Crippen molar-refractivity contribution in [2.45, 2.75) is 13.0 Å². The first-order chi connectivity index (χ1) is 11.4. The van der Waals surface area contributed by atoms with E-state index in [-0.39, 0.29) is 29.9 Å². The van der Waals surface area contributed by atoms with Crippen LogP contribution in [0.15, 0.2) is 42.5 Å².